The molecule has 0 bridgehead atoms. The lowest BCUT2D eigenvalue weighted by Crippen LogP contribution is -2.23. The van der Waals surface area contributed by atoms with Gasteiger partial charge in [-0.15, -0.1) is 0 Å². The van der Waals surface area contributed by atoms with Gasteiger partial charge in [0.15, 0.2) is 0 Å². The van der Waals surface area contributed by atoms with Gasteiger partial charge in [0.25, 0.3) is 5.56 Å². The van der Waals surface area contributed by atoms with Gasteiger partial charge in [0, 0.05) is 24.2 Å². The smallest absolute Gasteiger partial charge is 0.269 e. The van der Waals surface area contributed by atoms with Crippen molar-refractivity contribution in [2.75, 3.05) is 18.1 Å². The molecule has 2 heterocycles. The zero-order chi connectivity index (χ0) is 15.5. The highest BCUT2D eigenvalue weighted by molar-refractivity contribution is 5.57. The topological polar surface area (TPSA) is 78.5 Å². The molecule has 0 fully saturated rings. The Kier molecular flexibility index (Phi) is 4.11. The summed E-state index contributed by atoms with van der Waals surface area (Å²) in [7, 11) is 0. The Balaban J connectivity index is 1.92. The standard InChI is InChI=1S/C16H19N3O3/c1-2-12-14(8-17-18-16(12)21)19-9-11-4-3-5-15(13(11)10-19)22-7-6-20/h3-5,8,20H,2,6-7,9-10H2,1H3,(H,18,21). The average Bonchev–Trinajstić information content (AvgIpc) is 2.97. The molecule has 2 aromatic rings. The Labute approximate surface area is 128 Å². The van der Waals surface area contributed by atoms with Crippen LogP contribution in [0.5, 0.6) is 5.75 Å². The second-order valence-corrected chi connectivity index (χ2v) is 5.24. The third kappa shape index (κ3) is 2.57. The number of anilines is 1. The Morgan fingerprint density at radius 1 is 1.41 bits per heavy atom. The van der Waals surface area contributed by atoms with E-state index in [-0.39, 0.29) is 18.8 Å². The summed E-state index contributed by atoms with van der Waals surface area (Å²) in [6.07, 6.45) is 2.37. The summed E-state index contributed by atoms with van der Waals surface area (Å²) in [6.45, 7) is 3.64. The predicted octanol–water partition coefficient (Wildman–Crippen LogP) is 1.22. The molecule has 116 valence electrons. The Hall–Kier alpha value is -2.34. The molecule has 0 spiro atoms. The molecule has 0 unspecified atom stereocenters. The van der Waals surface area contributed by atoms with Crippen molar-refractivity contribution in [2.24, 2.45) is 0 Å². The van der Waals surface area contributed by atoms with E-state index in [1.807, 2.05) is 19.1 Å². The minimum atomic E-state index is -0.132. The van der Waals surface area contributed by atoms with Crippen LogP contribution in [0.1, 0.15) is 23.6 Å². The number of H-pyrrole nitrogens is 1. The van der Waals surface area contributed by atoms with Crippen LogP contribution in [-0.4, -0.2) is 28.5 Å². The molecule has 0 amide bonds. The van der Waals surface area contributed by atoms with Crippen LogP contribution in [0.15, 0.2) is 29.2 Å². The van der Waals surface area contributed by atoms with Crippen molar-refractivity contribution >= 4 is 5.69 Å². The van der Waals surface area contributed by atoms with E-state index in [1.165, 1.54) is 5.56 Å². The highest BCUT2D eigenvalue weighted by Gasteiger charge is 2.24. The van der Waals surface area contributed by atoms with E-state index in [2.05, 4.69) is 21.2 Å². The molecular weight excluding hydrogens is 282 g/mol. The molecule has 1 aliphatic rings. The Morgan fingerprint density at radius 2 is 2.27 bits per heavy atom. The molecule has 1 aromatic carbocycles. The van der Waals surface area contributed by atoms with Crippen molar-refractivity contribution in [3.05, 3.63) is 51.4 Å². The number of rotatable bonds is 5. The molecule has 0 radical (unpaired) electrons. The van der Waals surface area contributed by atoms with Gasteiger partial charge in [0.05, 0.1) is 18.5 Å². The number of ether oxygens (including phenoxy) is 1. The minimum absolute atomic E-state index is 0.00858. The van der Waals surface area contributed by atoms with Crippen molar-refractivity contribution in [3.63, 3.8) is 0 Å². The summed E-state index contributed by atoms with van der Waals surface area (Å²) in [6, 6.07) is 5.92. The first-order chi connectivity index (χ1) is 10.7. The van der Waals surface area contributed by atoms with Crippen molar-refractivity contribution < 1.29 is 9.84 Å². The molecule has 22 heavy (non-hydrogen) atoms. The number of aromatic nitrogens is 2. The number of fused-ring (bicyclic) bond motifs is 1. The highest BCUT2D eigenvalue weighted by atomic mass is 16.5. The van der Waals surface area contributed by atoms with Gasteiger partial charge < -0.3 is 14.7 Å². The first kappa shape index (κ1) is 14.6. The SMILES string of the molecule is CCc1c(N2Cc3cccc(OCCO)c3C2)cn[nH]c1=O. The fraction of sp³-hybridized carbons (Fsp3) is 0.375. The first-order valence-corrected chi connectivity index (χ1v) is 7.40. The molecule has 0 saturated carbocycles. The highest BCUT2D eigenvalue weighted by Crippen LogP contribution is 2.34. The first-order valence-electron chi connectivity index (χ1n) is 7.40. The van der Waals surface area contributed by atoms with Crippen LogP contribution in [-0.2, 0) is 19.5 Å². The molecule has 0 saturated heterocycles. The van der Waals surface area contributed by atoms with Gasteiger partial charge in [-0.2, -0.15) is 5.10 Å². The van der Waals surface area contributed by atoms with Gasteiger partial charge >= 0.3 is 0 Å². The maximum atomic E-state index is 11.9. The largest absolute Gasteiger partial charge is 0.491 e. The van der Waals surface area contributed by atoms with E-state index in [4.69, 9.17) is 9.84 Å². The number of aliphatic hydroxyl groups is 1. The van der Waals surface area contributed by atoms with Crippen molar-refractivity contribution in [1.82, 2.24) is 10.2 Å². The van der Waals surface area contributed by atoms with Gasteiger partial charge in [-0.1, -0.05) is 19.1 Å². The van der Waals surface area contributed by atoms with Gasteiger partial charge in [-0.05, 0) is 18.1 Å². The van der Waals surface area contributed by atoms with Gasteiger partial charge in [0.2, 0.25) is 0 Å². The fourth-order valence-electron chi connectivity index (χ4n) is 2.88. The van der Waals surface area contributed by atoms with Gasteiger partial charge in [-0.3, -0.25) is 4.79 Å². The zero-order valence-corrected chi connectivity index (χ0v) is 12.5. The van der Waals surface area contributed by atoms with E-state index >= 15 is 0 Å². The number of aliphatic hydroxyl groups excluding tert-OH is 1. The van der Waals surface area contributed by atoms with Crippen molar-refractivity contribution in [1.29, 1.82) is 0 Å². The van der Waals surface area contributed by atoms with Crippen molar-refractivity contribution in [2.45, 2.75) is 26.4 Å². The molecule has 6 nitrogen and oxygen atoms in total. The summed E-state index contributed by atoms with van der Waals surface area (Å²) in [5, 5.41) is 15.3. The third-order valence-corrected chi connectivity index (χ3v) is 3.92. The van der Waals surface area contributed by atoms with Crippen molar-refractivity contribution in [3.8, 4) is 5.75 Å². The van der Waals surface area contributed by atoms with Crippen LogP contribution in [0.3, 0.4) is 0 Å². The molecule has 0 atom stereocenters. The number of hydrogen-bond donors (Lipinski definition) is 2. The Bertz CT molecular complexity index is 727. The number of benzene rings is 1. The number of aromatic amines is 1. The second-order valence-electron chi connectivity index (χ2n) is 5.24. The lowest BCUT2D eigenvalue weighted by molar-refractivity contribution is 0.200. The summed E-state index contributed by atoms with van der Waals surface area (Å²) < 4.78 is 5.60. The van der Waals surface area contributed by atoms with Crippen LogP contribution in [0.4, 0.5) is 5.69 Å². The normalized spacial score (nSPS) is 13.3. The summed E-state index contributed by atoms with van der Waals surface area (Å²) >= 11 is 0. The maximum absolute atomic E-state index is 11.9. The lowest BCUT2D eigenvalue weighted by atomic mass is 10.1. The van der Waals surface area contributed by atoms with E-state index < -0.39 is 0 Å². The predicted molar refractivity (Wildman–Crippen MR) is 83.1 cm³/mol. The quantitative estimate of drug-likeness (QED) is 0.868. The van der Waals surface area contributed by atoms with Crippen LogP contribution in [0.25, 0.3) is 0 Å². The minimum Gasteiger partial charge on any atom is -0.491 e. The van der Waals surface area contributed by atoms with E-state index in [0.29, 0.717) is 13.0 Å². The molecule has 0 aliphatic carbocycles. The monoisotopic (exact) mass is 301 g/mol. The van der Waals surface area contributed by atoms with Crippen LogP contribution in [0, 0.1) is 0 Å². The summed E-state index contributed by atoms with van der Waals surface area (Å²) in [5.41, 5.74) is 3.78. The Morgan fingerprint density at radius 3 is 3.05 bits per heavy atom. The molecule has 1 aromatic heterocycles. The van der Waals surface area contributed by atoms with E-state index in [9.17, 15) is 4.79 Å². The van der Waals surface area contributed by atoms with Crippen LogP contribution < -0.4 is 15.2 Å². The summed E-state index contributed by atoms with van der Waals surface area (Å²) in [4.78, 5) is 14.0. The lowest BCUT2D eigenvalue weighted by Gasteiger charge is -2.19. The van der Waals surface area contributed by atoms with E-state index in [0.717, 1.165) is 29.1 Å². The van der Waals surface area contributed by atoms with E-state index in [1.54, 1.807) is 6.20 Å². The second kappa shape index (κ2) is 6.19. The number of hydrogen-bond acceptors (Lipinski definition) is 5. The van der Waals surface area contributed by atoms with Crippen LogP contribution in [0.2, 0.25) is 0 Å². The molecule has 6 heteroatoms. The summed E-state index contributed by atoms with van der Waals surface area (Å²) in [5.74, 6) is 0.796. The third-order valence-electron chi connectivity index (χ3n) is 3.92. The van der Waals surface area contributed by atoms with Crippen LogP contribution >= 0.6 is 0 Å². The maximum Gasteiger partial charge on any atom is 0.269 e. The molecular formula is C16H19N3O3. The molecule has 3 rings (SSSR count). The van der Waals surface area contributed by atoms with Gasteiger partial charge in [-0.25, -0.2) is 5.10 Å². The van der Waals surface area contributed by atoms with Gasteiger partial charge in [0.1, 0.15) is 12.4 Å². The number of nitrogens with one attached hydrogen (secondary N) is 1. The zero-order valence-electron chi connectivity index (χ0n) is 12.5. The molecule has 1 aliphatic heterocycles. The number of nitrogens with zero attached hydrogens (tertiary/aromatic N) is 2. The molecule has 2 N–H and O–H groups in total. The average molecular weight is 301 g/mol. The fourth-order valence-corrected chi connectivity index (χ4v) is 2.88.